The average molecular weight is 277 g/mol. The Labute approximate surface area is 103 Å². The van der Waals surface area contributed by atoms with Crippen LogP contribution in [0, 0.1) is 5.82 Å². The van der Waals surface area contributed by atoms with Crippen molar-refractivity contribution in [2.75, 3.05) is 24.7 Å². The summed E-state index contributed by atoms with van der Waals surface area (Å²) in [5.41, 5.74) is -0.311. The molecule has 0 atom stereocenters. The van der Waals surface area contributed by atoms with Gasteiger partial charge in [0.15, 0.2) is 0 Å². The van der Waals surface area contributed by atoms with Gasteiger partial charge in [0.1, 0.15) is 17.2 Å². The fourth-order valence-corrected chi connectivity index (χ4v) is 1.63. The van der Waals surface area contributed by atoms with E-state index in [0.717, 1.165) is 18.5 Å². The van der Waals surface area contributed by atoms with E-state index in [9.17, 15) is 17.6 Å². The molecule has 1 aromatic heterocycles. The van der Waals surface area contributed by atoms with E-state index in [1.165, 1.54) is 0 Å². The fraction of sp³-hybridized carbons (Fsp3) is 0.333. The van der Waals surface area contributed by atoms with Gasteiger partial charge >= 0.3 is 5.97 Å². The van der Waals surface area contributed by atoms with Gasteiger partial charge in [-0.15, -0.1) is 0 Å². The number of halogens is 1. The third-order valence-electron chi connectivity index (χ3n) is 1.87. The van der Waals surface area contributed by atoms with Crippen LogP contribution < -0.4 is 10.0 Å². The molecular weight excluding hydrogens is 265 g/mol. The number of hydrogen-bond donors (Lipinski definition) is 3. The minimum Gasteiger partial charge on any atom is -0.478 e. The van der Waals surface area contributed by atoms with Gasteiger partial charge in [-0.2, -0.15) is 0 Å². The minimum absolute atomic E-state index is 0.0146. The number of rotatable bonds is 6. The van der Waals surface area contributed by atoms with Crippen LogP contribution >= 0.6 is 0 Å². The molecule has 1 heterocycles. The molecule has 0 aliphatic heterocycles. The van der Waals surface area contributed by atoms with Gasteiger partial charge in [0, 0.05) is 13.1 Å². The monoisotopic (exact) mass is 277 g/mol. The molecule has 0 aromatic carbocycles. The number of pyridine rings is 1. The molecule has 0 unspecified atom stereocenters. The summed E-state index contributed by atoms with van der Waals surface area (Å²) in [5.74, 6) is -2.09. The largest absolute Gasteiger partial charge is 0.478 e. The molecule has 0 amide bonds. The van der Waals surface area contributed by atoms with E-state index in [0.29, 0.717) is 0 Å². The Morgan fingerprint density at radius 3 is 2.72 bits per heavy atom. The zero-order chi connectivity index (χ0) is 13.8. The Balaban J connectivity index is 2.65. The summed E-state index contributed by atoms with van der Waals surface area (Å²) in [6.07, 6.45) is 1.88. The lowest BCUT2D eigenvalue weighted by Crippen LogP contribution is -2.28. The zero-order valence-corrected chi connectivity index (χ0v) is 10.3. The van der Waals surface area contributed by atoms with Crippen molar-refractivity contribution in [2.24, 2.45) is 0 Å². The lowest BCUT2D eigenvalue weighted by Gasteiger charge is -2.08. The number of nitrogens with zero attached hydrogens (tertiary/aromatic N) is 1. The van der Waals surface area contributed by atoms with Crippen LogP contribution in [-0.4, -0.2) is 43.8 Å². The van der Waals surface area contributed by atoms with Gasteiger partial charge in [-0.1, -0.05) is 0 Å². The number of hydrogen-bond acceptors (Lipinski definition) is 5. The summed E-state index contributed by atoms with van der Waals surface area (Å²) in [6.45, 7) is 0.197. The highest BCUT2D eigenvalue weighted by Crippen LogP contribution is 2.12. The highest BCUT2D eigenvalue weighted by molar-refractivity contribution is 7.88. The normalized spacial score (nSPS) is 11.2. The number of carboxylic acids is 1. The number of nitrogens with one attached hydrogen (secondary N) is 2. The van der Waals surface area contributed by atoms with E-state index in [-0.39, 0.29) is 24.5 Å². The van der Waals surface area contributed by atoms with Crippen molar-refractivity contribution in [2.45, 2.75) is 0 Å². The Kier molecular flexibility index (Phi) is 4.56. The molecule has 9 heteroatoms. The fourth-order valence-electron chi connectivity index (χ4n) is 1.16. The van der Waals surface area contributed by atoms with Crippen molar-refractivity contribution in [3.63, 3.8) is 0 Å². The molecule has 0 saturated carbocycles. The summed E-state index contributed by atoms with van der Waals surface area (Å²) in [7, 11) is -3.30. The quantitative estimate of drug-likeness (QED) is 0.626. The molecule has 0 spiro atoms. The molecule has 3 N–H and O–H groups in total. The maximum Gasteiger partial charge on any atom is 0.339 e. The number of aromatic carboxylic acids is 1. The van der Waals surface area contributed by atoms with Crippen molar-refractivity contribution >= 4 is 21.8 Å². The van der Waals surface area contributed by atoms with Crippen LogP contribution in [0.3, 0.4) is 0 Å². The van der Waals surface area contributed by atoms with Crippen LogP contribution in [0.15, 0.2) is 12.3 Å². The molecule has 0 radical (unpaired) electrons. The summed E-state index contributed by atoms with van der Waals surface area (Å²) in [5, 5.41) is 11.4. The highest BCUT2D eigenvalue weighted by atomic mass is 32.2. The predicted octanol–water partition coefficient (Wildman–Crippen LogP) is -0.120. The van der Waals surface area contributed by atoms with Crippen LogP contribution in [0.5, 0.6) is 0 Å². The number of carboxylic acid groups (broad SMARTS) is 1. The second kappa shape index (κ2) is 5.74. The topological polar surface area (TPSA) is 108 Å². The van der Waals surface area contributed by atoms with Crippen molar-refractivity contribution < 1.29 is 22.7 Å². The second-order valence-electron chi connectivity index (χ2n) is 3.45. The van der Waals surface area contributed by atoms with Crippen molar-refractivity contribution in [3.8, 4) is 0 Å². The Morgan fingerprint density at radius 2 is 2.17 bits per heavy atom. The van der Waals surface area contributed by atoms with E-state index in [1.807, 2.05) is 0 Å². The molecule has 0 saturated heterocycles. The molecule has 0 aliphatic rings. The number of anilines is 1. The van der Waals surface area contributed by atoms with E-state index in [4.69, 9.17) is 5.11 Å². The first kappa shape index (κ1) is 14.3. The molecule has 1 rings (SSSR count). The number of sulfonamides is 1. The predicted molar refractivity (Wildman–Crippen MR) is 62.5 cm³/mol. The highest BCUT2D eigenvalue weighted by Gasteiger charge is 2.12. The summed E-state index contributed by atoms with van der Waals surface area (Å²) < 4.78 is 36.5. The third kappa shape index (κ3) is 4.63. The van der Waals surface area contributed by atoms with Gasteiger partial charge in [0.25, 0.3) is 0 Å². The smallest absolute Gasteiger partial charge is 0.339 e. The molecule has 0 aliphatic carbocycles. The Hall–Kier alpha value is -1.74. The van der Waals surface area contributed by atoms with E-state index in [1.54, 1.807) is 0 Å². The first-order valence-corrected chi connectivity index (χ1v) is 6.76. The SMILES string of the molecule is CS(=O)(=O)NCCNc1ncc(F)cc1C(=O)O. The van der Waals surface area contributed by atoms with Crippen molar-refractivity contribution in [1.29, 1.82) is 0 Å². The number of aromatic nitrogens is 1. The Morgan fingerprint density at radius 1 is 1.50 bits per heavy atom. The molecule has 0 fully saturated rings. The van der Waals surface area contributed by atoms with E-state index >= 15 is 0 Å². The standard InChI is InChI=1S/C9H12FN3O4S/c1-18(16,17)13-3-2-11-8-7(9(14)15)4-6(10)5-12-8/h4-5,13H,2-3H2,1H3,(H,11,12)(H,14,15). The van der Waals surface area contributed by atoms with Crippen LogP contribution in [-0.2, 0) is 10.0 Å². The first-order valence-electron chi connectivity index (χ1n) is 4.87. The molecule has 100 valence electrons. The van der Waals surface area contributed by atoms with E-state index in [2.05, 4.69) is 15.0 Å². The van der Waals surface area contributed by atoms with Gasteiger partial charge in [0.05, 0.1) is 12.5 Å². The first-order chi connectivity index (χ1) is 8.29. The minimum atomic E-state index is -3.30. The zero-order valence-electron chi connectivity index (χ0n) is 9.47. The molecular formula is C9H12FN3O4S. The summed E-state index contributed by atoms with van der Waals surface area (Å²) >= 11 is 0. The van der Waals surface area contributed by atoms with Gasteiger partial charge in [-0.3, -0.25) is 0 Å². The third-order valence-corrected chi connectivity index (χ3v) is 2.59. The average Bonchev–Trinajstić information content (AvgIpc) is 2.24. The summed E-state index contributed by atoms with van der Waals surface area (Å²) in [6, 6.07) is 0.835. The maximum absolute atomic E-state index is 12.8. The molecule has 18 heavy (non-hydrogen) atoms. The van der Waals surface area contributed by atoms with E-state index < -0.39 is 21.8 Å². The lowest BCUT2D eigenvalue weighted by molar-refractivity contribution is 0.0697. The van der Waals surface area contributed by atoms with Gasteiger partial charge in [-0.25, -0.2) is 27.3 Å². The number of carbonyl (C=O) groups is 1. The molecule has 0 bridgehead atoms. The van der Waals surface area contributed by atoms with Crippen LogP contribution in [0.4, 0.5) is 10.2 Å². The van der Waals surface area contributed by atoms with Crippen molar-refractivity contribution in [3.05, 3.63) is 23.6 Å². The van der Waals surface area contributed by atoms with Crippen molar-refractivity contribution in [1.82, 2.24) is 9.71 Å². The summed E-state index contributed by atoms with van der Waals surface area (Å²) in [4.78, 5) is 14.4. The van der Waals surface area contributed by atoms with Crippen LogP contribution in [0.25, 0.3) is 0 Å². The molecule has 7 nitrogen and oxygen atoms in total. The lowest BCUT2D eigenvalue weighted by atomic mass is 10.2. The van der Waals surface area contributed by atoms with Crippen LogP contribution in [0.2, 0.25) is 0 Å². The maximum atomic E-state index is 12.8. The van der Waals surface area contributed by atoms with Gasteiger partial charge < -0.3 is 10.4 Å². The van der Waals surface area contributed by atoms with Gasteiger partial charge in [-0.05, 0) is 6.07 Å². The van der Waals surface area contributed by atoms with Crippen LogP contribution in [0.1, 0.15) is 10.4 Å². The second-order valence-corrected chi connectivity index (χ2v) is 5.28. The Bertz CT molecular complexity index is 547. The van der Waals surface area contributed by atoms with Gasteiger partial charge in [0.2, 0.25) is 10.0 Å². The molecule has 1 aromatic rings.